The first-order valence-electron chi connectivity index (χ1n) is 8.61. The Kier molecular flexibility index (Phi) is 6.16. The molecule has 0 saturated carbocycles. The molecule has 0 radical (unpaired) electrons. The molecule has 0 aromatic heterocycles. The molecule has 5 nitrogen and oxygen atoms in total. The van der Waals surface area contributed by atoms with Gasteiger partial charge in [0.15, 0.2) is 6.61 Å². The van der Waals surface area contributed by atoms with Gasteiger partial charge in [0.05, 0.1) is 0 Å². The zero-order valence-corrected chi connectivity index (χ0v) is 15.4. The Labute approximate surface area is 154 Å². The van der Waals surface area contributed by atoms with Crippen molar-refractivity contribution in [2.45, 2.75) is 38.3 Å². The van der Waals surface area contributed by atoms with Crippen LogP contribution in [0.1, 0.15) is 38.3 Å². The summed E-state index contributed by atoms with van der Waals surface area (Å²) in [6, 6.07) is 17.1. The molecule has 2 N–H and O–H groups in total. The molecule has 26 heavy (non-hydrogen) atoms. The fourth-order valence-electron chi connectivity index (χ4n) is 2.50. The van der Waals surface area contributed by atoms with Crippen LogP contribution < -0.4 is 5.32 Å². The van der Waals surface area contributed by atoms with Crippen LogP contribution in [-0.4, -0.2) is 29.1 Å². The van der Waals surface area contributed by atoms with Gasteiger partial charge >= 0.3 is 5.97 Å². The second-order valence-corrected chi connectivity index (χ2v) is 6.80. The molecule has 0 saturated heterocycles. The van der Waals surface area contributed by atoms with Crippen molar-refractivity contribution in [2.24, 2.45) is 0 Å². The second-order valence-electron chi connectivity index (χ2n) is 6.80. The highest BCUT2D eigenvalue weighted by atomic mass is 16.6. The van der Waals surface area contributed by atoms with Gasteiger partial charge in [-0.2, -0.15) is 0 Å². The molecule has 1 amide bonds. The summed E-state index contributed by atoms with van der Waals surface area (Å²) in [5.41, 5.74) is -1.61. The zero-order chi connectivity index (χ0) is 19.2. The largest absolute Gasteiger partial charge is 0.453 e. The van der Waals surface area contributed by atoms with Crippen molar-refractivity contribution in [3.63, 3.8) is 0 Å². The Morgan fingerprint density at radius 1 is 0.962 bits per heavy atom. The van der Waals surface area contributed by atoms with Crippen LogP contribution in [0.15, 0.2) is 60.7 Å². The van der Waals surface area contributed by atoms with Crippen molar-refractivity contribution in [1.29, 1.82) is 0 Å². The molecule has 0 unspecified atom stereocenters. The van der Waals surface area contributed by atoms with Crippen LogP contribution in [0, 0.1) is 0 Å². The van der Waals surface area contributed by atoms with Crippen molar-refractivity contribution < 1.29 is 19.4 Å². The number of aliphatic hydroxyl groups is 1. The number of esters is 1. The molecule has 0 aliphatic heterocycles. The summed E-state index contributed by atoms with van der Waals surface area (Å²) >= 11 is 0. The van der Waals surface area contributed by atoms with Gasteiger partial charge in [0.1, 0.15) is 0 Å². The van der Waals surface area contributed by atoms with Gasteiger partial charge in [-0.1, -0.05) is 67.6 Å². The van der Waals surface area contributed by atoms with E-state index in [1.165, 1.54) is 0 Å². The van der Waals surface area contributed by atoms with Crippen LogP contribution >= 0.6 is 0 Å². The van der Waals surface area contributed by atoms with Crippen LogP contribution in [0.4, 0.5) is 0 Å². The van der Waals surface area contributed by atoms with Crippen molar-refractivity contribution >= 4 is 11.9 Å². The maximum Gasteiger partial charge on any atom is 0.348 e. The number of nitrogens with one attached hydrogen (secondary N) is 1. The average Bonchev–Trinajstić information content (AvgIpc) is 2.66. The van der Waals surface area contributed by atoms with E-state index in [0.717, 1.165) is 6.42 Å². The summed E-state index contributed by atoms with van der Waals surface area (Å²) in [5, 5.41) is 14.0. The lowest BCUT2D eigenvalue weighted by Crippen LogP contribution is -2.46. The summed E-state index contributed by atoms with van der Waals surface area (Å²) in [7, 11) is 0. The summed E-state index contributed by atoms with van der Waals surface area (Å²) in [4.78, 5) is 24.8. The number of rotatable bonds is 7. The number of carbonyl (C=O) groups is 2. The van der Waals surface area contributed by atoms with Crippen molar-refractivity contribution in [1.82, 2.24) is 5.32 Å². The fourth-order valence-corrected chi connectivity index (χ4v) is 2.50. The minimum Gasteiger partial charge on any atom is -0.453 e. The quantitative estimate of drug-likeness (QED) is 0.749. The molecule has 0 aliphatic carbocycles. The number of benzene rings is 2. The lowest BCUT2D eigenvalue weighted by molar-refractivity contribution is -0.164. The van der Waals surface area contributed by atoms with E-state index < -0.39 is 29.6 Å². The maximum atomic E-state index is 12.8. The van der Waals surface area contributed by atoms with Gasteiger partial charge in [-0.3, -0.25) is 4.79 Å². The van der Waals surface area contributed by atoms with Gasteiger partial charge in [0.25, 0.3) is 5.91 Å². The molecular formula is C21H25NO4. The third kappa shape index (κ3) is 4.49. The second kappa shape index (κ2) is 8.15. The summed E-state index contributed by atoms with van der Waals surface area (Å²) in [6.45, 7) is 5.27. The smallest absolute Gasteiger partial charge is 0.348 e. The zero-order valence-electron chi connectivity index (χ0n) is 15.4. The molecule has 0 heterocycles. The van der Waals surface area contributed by atoms with Crippen LogP contribution in [-0.2, 0) is 19.9 Å². The lowest BCUT2D eigenvalue weighted by Gasteiger charge is -2.28. The molecule has 0 fully saturated rings. The number of hydrogen-bond acceptors (Lipinski definition) is 4. The molecule has 0 atom stereocenters. The van der Waals surface area contributed by atoms with Gasteiger partial charge in [-0.05, 0) is 31.4 Å². The minimum atomic E-state index is -1.98. The minimum absolute atomic E-state index is 0.380. The van der Waals surface area contributed by atoms with Crippen LogP contribution in [0.3, 0.4) is 0 Å². The van der Waals surface area contributed by atoms with E-state index in [1.807, 2.05) is 20.8 Å². The fraction of sp³-hybridized carbons (Fsp3) is 0.333. The number of hydrogen-bond donors (Lipinski definition) is 2. The summed E-state index contributed by atoms with van der Waals surface area (Å²) in [6.07, 6.45) is 0.741. The molecule has 2 aromatic carbocycles. The summed E-state index contributed by atoms with van der Waals surface area (Å²) < 4.78 is 5.17. The van der Waals surface area contributed by atoms with Crippen LogP contribution in [0.25, 0.3) is 0 Å². The van der Waals surface area contributed by atoms with E-state index in [1.54, 1.807) is 60.7 Å². The Morgan fingerprint density at radius 2 is 1.42 bits per heavy atom. The van der Waals surface area contributed by atoms with E-state index in [4.69, 9.17) is 4.74 Å². The molecular weight excluding hydrogens is 330 g/mol. The van der Waals surface area contributed by atoms with Crippen LogP contribution in [0.5, 0.6) is 0 Å². The van der Waals surface area contributed by atoms with Gasteiger partial charge in [0.2, 0.25) is 5.60 Å². The molecule has 0 spiro atoms. The monoisotopic (exact) mass is 355 g/mol. The number of ether oxygens (including phenoxy) is 1. The summed E-state index contributed by atoms with van der Waals surface area (Å²) in [5.74, 6) is -1.30. The normalized spacial score (nSPS) is 11.7. The Morgan fingerprint density at radius 3 is 1.85 bits per heavy atom. The molecule has 2 rings (SSSR count). The first kappa shape index (κ1) is 19.7. The topological polar surface area (TPSA) is 75.6 Å². The average molecular weight is 355 g/mol. The molecule has 2 aromatic rings. The van der Waals surface area contributed by atoms with Gasteiger partial charge in [-0.15, -0.1) is 0 Å². The van der Waals surface area contributed by atoms with E-state index in [-0.39, 0.29) is 0 Å². The molecule has 138 valence electrons. The SMILES string of the molecule is CCC(C)(C)NC(=O)COC(=O)C(O)(c1ccccc1)c1ccccc1. The standard InChI is InChI=1S/C21H25NO4/c1-4-20(2,3)22-18(23)15-26-19(24)21(25,16-11-7-5-8-12-16)17-13-9-6-10-14-17/h5-14,25H,4,15H2,1-3H3,(H,22,23). The lowest BCUT2D eigenvalue weighted by atomic mass is 9.86. The highest BCUT2D eigenvalue weighted by Gasteiger charge is 2.41. The van der Waals surface area contributed by atoms with E-state index in [2.05, 4.69) is 5.32 Å². The molecule has 5 heteroatoms. The Balaban J connectivity index is 2.22. The van der Waals surface area contributed by atoms with Gasteiger partial charge in [0, 0.05) is 5.54 Å². The van der Waals surface area contributed by atoms with Gasteiger partial charge in [-0.25, -0.2) is 4.79 Å². The van der Waals surface area contributed by atoms with Crippen molar-refractivity contribution in [3.05, 3.63) is 71.8 Å². The van der Waals surface area contributed by atoms with E-state index >= 15 is 0 Å². The van der Waals surface area contributed by atoms with Crippen molar-refractivity contribution in [2.75, 3.05) is 6.61 Å². The third-order valence-corrected chi connectivity index (χ3v) is 4.37. The highest BCUT2D eigenvalue weighted by Crippen LogP contribution is 2.30. The predicted molar refractivity (Wildman–Crippen MR) is 99.4 cm³/mol. The molecule has 0 aliphatic rings. The Hall–Kier alpha value is -2.66. The molecule has 0 bridgehead atoms. The van der Waals surface area contributed by atoms with Crippen molar-refractivity contribution in [3.8, 4) is 0 Å². The van der Waals surface area contributed by atoms with E-state index in [9.17, 15) is 14.7 Å². The highest BCUT2D eigenvalue weighted by molar-refractivity contribution is 5.88. The number of carbonyl (C=O) groups excluding carboxylic acids is 2. The number of amides is 1. The van der Waals surface area contributed by atoms with Gasteiger partial charge < -0.3 is 15.2 Å². The van der Waals surface area contributed by atoms with Crippen LogP contribution in [0.2, 0.25) is 0 Å². The maximum absolute atomic E-state index is 12.8. The first-order valence-corrected chi connectivity index (χ1v) is 8.61. The first-order chi connectivity index (χ1) is 12.3. The Bertz CT molecular complexity index is 702. The van der Waals surface area contributed by atoms with E-state index in [0.29, 0.717) is 11.1 Å². The predicted octanol–water partition coefficient (Wildman–Crippen LogP) is 2.77. The third-order valence-electron chi connectivity index (χ3n) is 4.37.